The Hall–Kier alpha value is -5.43. The van der Waals surface area contributed by atoms with Crippen LogP contribution in [0.2, 0.25) is 0 Å². The molecule has 1 heterocycles. The fourth-order valence-corrected chi connectivity index (χ4v) is 18.8. The first-order valence-corrected chi connectivity index (χ1v) is 22.7. The van der Waals surface area contributed by atoms with Crippen LogP contribution in [0, 0.1) is 0 Å². The van der Waals surface area contributed by atoms with Crippen molar-refractivity contribution in [2.75, 3.05) is 13.2 Å². The van der Waals surface area contributed by atoms with Crippen molar-refractivity contribution >= 4 is 52.6 Å². The van der Waals surface area contributed by atoms with E-state index in [2.05, 4.69) is 170 Å². The average molecular weight is 743 g/mol. The van der Waals surface area contributed by atoms with Crippen molar-refractivity contribution in [2.45, 2.75) is 12.1 Å². The van der Waals surface area contributed by atoms with Gasteiger partial charge < -0.3 is 0 Å². The van der Waals surface area contributed by atoms with Gasteiger partial charge in [0, 0.05) is 0 Å². The molecule has 1 aliphatic carbocycles. The third kappa shape index (κ3) is 6.33. The van der Waals surface area contributed by atoms with Crippen LogP contribution in [-0.2, 0) is 9.53 Å². The summed E-state index contributed by atoms with van der Waals surface area (Å²) in [4.78, 5) is 14.1. The van der Waals surface area contributed by atoms with Crippen molar-refractivity contribution in [1.82, 2.24) is 0 Å². The minimum absolute atomic E-state index is 0.122. The van der Waals surface area contributed by atoms with Crippen LogP contribution in [0.3, 0.4) is 0 Å². The number of aldehydes is 1. The summed E-state index contributed by atoms with van der Waals surface area (Å²) in [6.45, 7) is 0.925. The number of aliphatic hydroxyl groups excluding tert-OH is 1. The molecule has 1 unspecified atom stereocenters. The quantitative estimate of drug-likeness (QED) is 0.114. The predicted octanol–water partition coefficient (Wildman–Crippen LogP) is 7.99. The summed E-state index contributed by atoms with van der Waals surface area (Å²) in [6, 6.07) is 63.8. The standard InChI is InChI=1S/C49H44O3P2/c50-36-49(54(43-25-13-4-14-26-43,44-27-15-5-16-28-44)45-29-17-6-18-30-45)47-35-39(51)34-46(33-38-31-32-52-37-48(38)47)53(40-19-7-1-8-20-40,41-21-9-2-10-22-41)42-23-11-3-12-24-42/h1-30,33-36,49,51,53-54H,31-32,37H2/b38-33?,39-34+,39-35?,46-33?,46-34?,47-35-,48-47?. The summed E-state index contributed by atoms with van der Waals surface area (Å²) >= 11 is 0. The summed E-state index contributed by atoms with van der Waals surface area (Å²) in [5, 5.41) is 20.5. The first-order valence-electron chi connectivity index (χ1n) is 18.6. The second-order valence-corrected chi connectivity index (χ2v) is 21.7. The molecule has 0 saturated carbocycles. The van der Waals surface area contributed by atoms with Gasteiger partial charge in [-0.2, -0.15) is 0 Å². The van der Waals surface area contributed by atoms with Crippen LogP contribution in [0.4, 0.5) is 0 Å². The summed E-state index contributed by atoms with van der Waals surface area (Å²) in [5.74, 6) is 0.122. The van der Waals surface area contributed by atoms with Gasteiger partial charge in [0.15, 0.2) is 0 Å². The number of allylic oxidation sites excluding steroid dienone is 4. The second-order valence-electron chi connectivity index (χ2n) is 13.9. The third-order valence-corrected chi connectivity index (χ3v) is 21.0. The van der Waals surface area contributed by atoms with Crippen molar-refractivity contribution in [3.8, 4) is 0 Å². The molecule has 268 valence electrons. The molecule has 0 aromatic heterocycles. The van der Waals surface area contributed by atoms with Crippen LogP contribution in [0.5, 0.6) is 0 Å². The summed E-state index contributed by atoms with van der Waals surface area (Å²) in [5.41, 5.74) is 2.36. The normalized spacial score (nSPS) is 18.0. The zero-order valence-electron chi connectivity index (χ0n) is 30.1. The molecule has 1 atom stereocenters. The molecule has 2 aliphatic rings. The summed E-state index contributed by atoms with van der Waals surface area (Å²) < 4.78 is 6.28. The van der Waals surface area contributed by atoms with Gasteiger partial charge in [0.05, 0.1) is 0 Å². The first-order chi connectivity index (χ1) is 26.7. The Balaban J connectivity index is 1.43. The van der Waals surface area contributed by atoms with E-state index in [1.807, 2.05) is 30.4 Å². The maximum atomic E-state index is 14.1. The van der Waals surface area contributed by atoms with Crippen molar-refractivity contribution < 1.29 is 14.6 Å². The van der Waals surface area contributed by atoms with Gasteiger partial charge in [0.25, 0.3) is 0 Å². The van der Waals surface area contributed by atoms with Gasteiger partial charge in [0.1, 0.15) is 0 Å². The van der Waals surface area contributed by atoms with Crippen LogP contribution in [0.15, 0.2) is 228 Å². The fourth-order valence-electron chi connectivity index (χ4n) is 8.81. The molecule has 0 fully saturated rings. The molecule has 1 N–H and O–H groups in total. The van der Waals surface area contributed by atoms with Crippen LogP contribution >= 0.6 is 14.5 Å². The number of hydrogen-bond donors (Lipinski definition) is 1. The molecular weight excluding hydrogens is 698 g/mol. The second kappa shape index (κ2) is 15.9. The Kier molecular flexibility index (Phi) is 10.5. The number of aliphatic hydroxyl groups is 1. The van der Waals surface area contributed by atoms with E-state index in [4.69, 9.17) is 4.74 Å². The molecule has 0 bridgehead atoms. The van der Waals surface area contributed by atoms with Gasteiger partial charge in [0.2, 0.25) is 0 Å². The molecule has 5 heteroatoms. The minimum atomic E-state index is -3.17. The van der Waals surface area contributed by atoms with Gasteiger partial charge in [-0.15, -0.1) is 0 Å². The van der Waals surface area contributed by atoms with E-state index in [0.29, 0.717) is 19.6 Å². The van der Waals surface area contributed by atoms with Gasteiger partial charge in [-0.3, -0.25) is 0 Å². The molecule has 0 radical (unpaired) electrons. The SMILES string of the molecule is O=CC(/C1=C\C(O)=C/C([PH](c2ccccc2)(c2ccccc2)c2ccccc2)=CC2=C1COCC2)[PH](c1ccccc1)(c1ccccc1)c1ccccc1. The molecule has 54 heavy (non-hydrogen) atoms. The van der Waals surface area contributed by atoms with Gasteiger partial charge >= 0.3 is 321 Å². The molecule has 8 rings (SSSR count). The number of hydrogen-bond acceptors (Lipinski definition) is 3. The molecule has 6 aromatic carbocycles. The molecule has 0 spiro atoms. The Morgan fingerprint density at radius 1 is 0.519 bits per heavy atom. The fraction of sp³-hybridized carbons (Fsp3) is 0.0816. The number of carbonyl (C=O) groups excluding carboxylic acids is 1. The third-order valence-electron chi connectivity index (χ3n) is 11.1. The number of benzene rings is 6. The average Bonchev–Trinajstić information content (AvgIpc) is 3.24. The van der Waals surface area contributed by atoms with Crippen molar-refractivity contribution in [1.29, 1.82) is 0 Å². The molecule has 6 aromatic rings. The van der Waals surface area contributed by atoms with Crippen molar-refractivity contribution in [2.24, 2.45) is 0 Å². The summed E-state index contributed by atoms with van der Waals surface area (Å²) in [6.07, 6.45) is 8.03. The Bertz CT molecular complexity index is 2140. The Morgan fingerprint density at radius 2 is 0.907 bits per heavy atom. The van der Waals surface area contributed by atoms with Gasteiger partial charge in [-0.05, 0) is 0 Å². The maximum absolute atomic E-state index is 14.1. The molecular formula is C49H44O3P2. The zero-order chi connectivity index (χ0) is 36.8. The number of rotatable bonds is 10. The van der Waals surface area contributed by atoms with Gasteiger partial charge in [-0.25, -0.2) is 0 Å². The van der Waals surface area contributed by atoms with Crippen LogP contribution in [0.25, 0.3) is 0 Å². The van der Waals surface area contributed by atoms with Crippen LogP contribution < -0.4 is 31.8 Å². The van der Waals surface area contributed by atoms with E-state index >= 15 is 0 Å². The van der Waals surface area contributed by atoms with Crippen molar-refractivity contribution in [3.05, 3.63) is 228 Å². The van der Waals surface area contributed by atoms with E-state index in [0.717, 1.165) is 44.2 Å². The van der Waals surface area contributed by atoms with Crippen LogP contribution in [-0.4, -0.2) is 30.3 Å². The van der Waals surface area contributed by atoms with E-state index < -0.39 is 20.2 Å². The van der Waals surface area contributed by atoms with Crippen molar-refractivity contribution in [3.63, 3.8) is 0 Å². The van der Waals surface area contributed by atoms with E-state index in [1.165, 1.54) is 15.9 Å². The van der Waals surface area contributed by atoms with E-state index in [-0.39, 0.29) is 5.76 Å². The summed E-state index contributed by atoms with van der Waals surface area (Å²) in [7, 11) is -6.16. The Morgan fingerprint density at radius 3 is 1.30 bits per heavy atom. The van der Waals surface area contributed by atoms with E-state index in [9.17, 15) is 9.90 Å². The Labute approximate surface area is 319 Å². The molecule has 3 nitrogen and oxygen atoms in total. The first kappa shape index (κ1) is 35.6. The van der Waals surface area contributed by atoms with Gasteiger partial charge in [-0.1, -0.05) is 0 Å². The molecule has 0 amide bonds. The van der Waals surface area contributed by atoms with Crippen LogP contribution in [0.1, 0.15) is 6.42 Å². The topological polar surface area (TPSA) is 46.5 Å². The monoisotopic (exact) mass is 742 g/mol. The molecule has 1 aliphatic heterocycles. The van der Waals surface area contributed by atoms with E-state index in [1.54, 1.807) is 0 Å². The molecule has 0 saturated heterocycles. The zero-order valence-corrected chi connectivity index (χ0v) is 32.1. The number of carbonyl (C=O) groups is 1. The predicted molar refractivity (Wildman–Crippen MR) is 232 cm³/mol. The number of ether oxygens (including phenoxy) is 1.